The number of carbonyl (C=O) groups excluding carboxylic acids is 1. The first-order valence-electron chi connectivity index (χ1n) is 9.88. The Hall–Kier alpha value is -2.86. The number of hydrogen-bond donors (Lipinski definition) is 2. The maximum absolute atomic E-state index is 11.4. The first kappa shape index (κ1) is 18.5. The van der Waals surface area contributed by atoms with Crippen LogP contribution in [0.15, 0.2) is 48.5 Å². The number of benzene rings is 2. The predicted octanol–water partition coefficient (Wildman–Crippen LogP) is 3.91. The second kappa shape index (κ2) is 8.02. The molecule has 28 heavy (non-hydrogen) atoms. The fraction of sp³-hybridized carbons (Fsp3) is 0.364. The number of nitrogens with two attached hydrogens (primary N) is 1. The van der Waals surface area contributed by atoms with Gasteiger partial charge in [0.25, 0.3) is 0 Å². The molecule has 1 saturated carbocycles. The molecule has 1 fully saturated rings. The average Bonchev–Trinajstić information content (AvgIpc) is 3.33. The van der Waals surface area contributed by atoms with Gasteiger partial charge < -0.3 is 15.0 Å². The van der Waals surface area contributed by atoms with Gasteiger partial charge in [0, 0.05) is 12.1 Å². The van der Waals surface area contributed by atoms with E-state index in [1.165, 1.54) is 12.8 Å². The zero-order valence-electron chi connectivity index (χ0n) is 16.1. The van der Waals surface area contributed by atoms with Gasteiger partial charge in [-0.3, -0.25) is 10.1 Å². The lowest BCUT2D eigenvalue weighted by Gasteiger charge is -2.18. The van der Waals surface area contributed by atoms with Crippen molar-refractivity contribution in [2.75, 3.05) is 0 Å². The highest BCUT2D eigenvalue weighted by Crippen LogP contribution is 2.35. The molecule has 146 valence electrons. The number of hydrogen-bond acceptors (Lipinski definition) is 4. The van der Waals surface area contributed by atoms with E-state index in [0.717, 1.165) is 41.2 Å². The largest absolute Gasteiger partial charge is 0.457 e. The second-order valence-corrected chi connectivity index (χ2v) is 7.41. The summed E-state index contributed by atoms with van der Waals surface area (Å²) in [6.45, 7) is 2.28. The van der Waals surface area contributed by atoms with E-state index < -0.39 is 6.04 Å². The fourth-order valence-electron chi connectivity index (χ4n) is 3.85. The van der Waals surface area contributed by atoms with Crippen LogP contribution in [0.4, 0.5) is 0 Å². The van der Waals surface area contributed by atoms with Crippen molar-refractivity contribution in [3.63, 3.8) is 0 Å². The van der Waals surface area contributed by atoms with Crippen molar-refractivity contribution in [2.45, 2.75) is 51.2 Å². The Morgan fingerprint density at radius 1 is 1.21 bits per heavy atom. The van der Waals surface area contributed by atoms with E-state index >= 15 is 0 Å². The maximum atomic E-state index is 11.4. The van der Waals surface area contributed by atoms with Crippen molar-refractivity contribution in [1.29, 1.82) is 0 Å². The van der Waals surface area contributed by atoms with E-state index in [0.29, 0.717) is 12.6 Å². The first-order chi connectivity index (χ1) is 13.6. The molecule has 1 aliphatic rings. The van der Waals surface area contributed by atoms with Gasteiger partial charge >= 0.3 is 0 Å². The van der Waals surface area contributed by atoms with Crippen LogP contribution in [0.2, 0.25) is 0 Å². The summed E-state index contributed by atoms with van der Waals surface area (Å²) in [4.78, 5) is 16.2. The highest BCUT2D eigenvalue weighted by Gasteiger charge is 2.23. The number of carbonyl (C=O) groups is 1. The summed E-state index contributed by atoms with van der Waals surface area (Å²) in [5, 5.41) is 3.19. The molecule has 0 bridgehead atoms. The smallest absolute Gasteiger partial charge is 0.234 e. The lowest BCUT2D eigenvalue weighted by Crippen LogP contribution is -2.38. The number of aromatic nitrogens is 2. The summed E-state index contributed by atoms with van der Waals surface area (Å²) >= 11 is 0. The molecule has 1 aromatic heterocycles. The molecule has 0 spiro atoms. The van der Waals surface area contributed by atoms with Crippen molar-refractivity contribution >= 4 is 16.9 Å². The number of rotatable bonds is 7. The monoisotopic (exact) mass is 378 g/mol. The topological polar surface area (TPSA) is 82.2 Å². The minimum atomic E-state index is -0.395. The van der Waals surface area contributed by atoms with E-state index in [-0.39, 0.29) is 5.91 Å². The van der Waals surface area contributed by atoms with Gasteiger partial charge in [-0.15, -0.1) is 0 Å². The van der Waals surface area contributed by atoms with Gasteiger partial charge in [0.15, 0.2) is 0 Å². The Morgan fingerprint density at radius 3 is 2.68 bits per heavy atom. The van der Waals surface area contributed by atoms with Gasteiger partial charge in [-0.1, -0.05) is 31.0 Å². The molecule has 0 radical (unpaired) electrons. The molecule has 1 atom stereocenters. The Balaban J connectivity index is 1.68. The zero-order chi connectivity index (χ0) is 19.5. The molecule has 3 N–H and O–H groups in total. The van der Waals surface area contributed by atoms with Crippen LogP contribution in [0.25, 0.3) is 11.0 Å². The van der Waals surface area contributed by atoms with E-state index in [4.69, 9.17) is 15.5 Å². The van der Waals surface area contributed by atoms with Crippen molar-refractivity contribution < 1.29 is 9.53 Å². The molecular weight excluding hydrogens is 352 g/mol. The maximum Gasteiger partial charge on any atom is 0.234 e. The highest BCUT2D eigenvalue weighted by atomic mass is 16.5. The molecule has 0 unspecified atom stereocenters. The summed E-state index contributed by atoms with van der Waals surface area (Å²) in [6, 6.07) is 15.8. The lowest BCUT2D eigenvalue weighted by molar-refractivity contribution is -0.119. The number of primary amides is 1. The van der Waals surface area contributed by atoms with Gasteiger partial charge in [0.05, 0.1) is 23.6 Å². The normalized spacial score (nSPS) is 15.8. The minimum Gasteiger partial charge on any atom is -0.457 e. The molecule has 0 saturated heterocycles. The molecule has 3 aromatic rings. The second-order valence-electron chi connectivity index (χ2n) is 7.41. The molecular formula is C22H26N4O2. The van der Waals surface area contributed by atoms with E-state index in [1.807, 2.05) is 42.5 Å². The standard InChI is InChI=1S/C22H26N4O2/c1-15(22(23)27)24-14-21-25-19-12-11-18(28-17-9-3-2-4-10-17)13-20(19)26(21)16-7-5-6-8-16/h2-4,9-13,15-16,24H,5-8,14H2,1H3,(H2,23,27)/t15-/m0/s1. The van der Waals surface area contributed by atoms with Crippen molar-refractivity contribution in [3.8, 4) is 11.5 Å². The van der Waals surface area contributed by atoms with Crippen molar-refractivity contribution in [2.24, 2.45) is 5.73 Å². The third kappa shape index (κ3) is 3.87. The highest BCUT2D eigenvalue weighted by molar-refractivity contribution is 5.79. The average molecular weight is 378 g/mol. The number of ether oxygens (including phenoxy) is 1. The number of nitrogens with one attached hydrogen (secondary N) is 1. The molecule has 4 rings (SSSR count). The van der Waals surface area contributed by atoms with Crippen LogP contribution in [0.1, 0.15) is 44.5 Å². The minimum absolute atomic E-state index is 0.359. The van der Waals surface area contributed by atoms with Gasteiger partial charge in [-0.2, -0.15) is 0 Å². The summed E-state index contributed by atoms with van der Waals surface area (Å²) in [5.74, 6) is 2.18. The quantitative estimate of drug-likeness (QED) is 0.653. The van der Waals surface area contributed by atoms with Crippen LogP contribution in [-0.4, -0.2) is 21.5 Å². The van der Waals surface area contributed by atoms with Gasteiger partial charge in [0.1, 0.15) is 17.3 Å². The van der Waals surface area contributed by atoms with Crippen molar-refractivity contribution in [1.82, 2.24) is 14.9 Å². The van der Waals surface area contributed by atoms with Crippen LogP contribution in [-0.2, 0) is 11.3 Å². The summed E-state index contributed by atoms with van der Waals surface area (Å²) in [6.07, 6.45) is 4.76. The van der Waals surface area contributed by atoms with Crippen molar-refractivity contribution in [3.05, 3.63) is 54.4 Å². The van der Waals surface area contributed by atoms with Crippen LogP contribution < -0.4 is 15.8 Å². The molecule has 2 aromatic carbocycles. The Kier molecular flexibility index (Phi) is 5.30. The molecule has 1 aliphatic carbocycles. The number of imidazole rings is 1. The number of nitrogens with zero attached hydrogens (tertiary/aromatic N) is 2. The number of fused-ring (bicyclic) bond motifs is 1. The third-order valence-corrected chi connectivity index (χ3v) is 5.40. The van der Waals surface area contributed by atoms with Crippen LogP contribution in [0.5, 0.6) is 11.5 Å². The van der Waals surface area contributed by atoms with E-state index in [9.17, 15) is 4.79 Å². The van der Waals surface area contributed by atoms with Gasteiger partial charge in [0.2, 0.25) is 5.91 Å². The Labute approximate surface area is 164 Å². The van der Waals surface area contributed by atoms with Crippen LogP contribution in [0, 0.1) is 0 Å². The third-order valence-electron chi connectivity index (χ3n) is 5.40. The van der Waals surface area contributed by atoms with Crippen LogP contribution >= 0.6 is 0 Å². The SMILES string of the molecule is C[C@H](NCc1nc2ccc(Oc3ccccc3)cc2n1C1CCCC1)C(N)=O. The summed E-state index contributed by atoms with van der Waals surface area (Å²) in [5.41, 5.74) is 7.40. The Morgan fingerprint density at radius 2 is 1.96 bits per heavy atom. The van der Waals surface area contributed by atoms with E-state index in [2.05, 4.69) is 16.0 Å². The number of para-hydroxylation sites is 1. The fourth-order valence-corrected chi connectivity index (χ4v) is 3.85. The summed E-state index contributed by atoms with van der Waals surface area (Å²) in [7, 11) is 0. The predicted molar refractivity (Wildman–Crippen MR) is 109 cm³/mol. The lowest BCUT2D eigenvalue weighted by atomic mass is 10.2. The van der Waals surface area contributed by atoms with Gasteiger partial charge in [-0.25, -0.2) is 4.98 Å². The van der Waals surface area contributed by atoms with E-state index in [1.54, 1.807) is 6.92 Å². The van der Waals surface area contributed by atoms with Crippen LogP contribution in [0.3, 0.4) is 0 Å². The van der Waals surface area contributed by atoms with Gasteiger partial charge in [-0.05, 0) is 44.0 Å². The molecule has 6 heteroatoms. The first-order valence-corrected chi connectivity index (χ1v) is 9.88. The summed E-state index contributed by atoms with van der Waals surface area (Å²) < 4.78 is 8.35. The molecule has 0 aliphatic heterocycles. The zero-order valence-corrected chi connectivity index (χ0v) is 16.1. The molecule has 1 heterocycles. The number of amides is 1. The Bertz CT molecular complexity index is 961. The molecule has 1 amide bonds. The molecule has 6 nitrogen and oxygen atoms in total.